The van der Waals surface area contributed by atoms with E-state index in [-0.39, 0.29) is 5.91 Å². The third-order valence-electron chi connectivity index (χ3n) is 4.49. The topological polar surface area (TPSA) is 46.6 Å². The number of hydrogen-bond donors (Lipinski definition) is 0. The Morgan fingerprint density at radius 2 is 1.50 bits per heavy atom. The van der Waals surface area contributed by atoms with Crippen LogP contribution in [-0.4, -0.2) is 23.8 Å². The molecule has 0 radical (unpaired) electrons. The molecule has 0 fully saturated rings. The highest BCUT2D eigenvalue weighted by atomic mass is 16.5. The molecule has 24 heavy (non-hydrogen) atoms. The summed E-state index contributed by atoms with van der Waals surface area (Å²) >= 11 is 0. The molecule has 0 aromatic heterocycles. The molecule has 0 saturated carbocycles. The van der Waals surface area contributed by atoms with Crippen LogP contribution >= 0.6 is 0 Å². The molecule has 0 atom stereocenters. The fraction of sp³-hybridized carbons (Fsp3) is 0.100. The van der Waals surface area contributed by atoms with E-state index in [4.69, 9.17) is 4.74 Å². The van der Waals surface area contributed by atoms with Gasteiger partial charge >= 0.3 is 5.97 Å². The van der Waals surface area contributed by atoms with Crippen LogP contribution in [0.4, 0.5) is 0 Å². The Hall–Kier alpha value is -3.14. The van der Waals surface area contributed by atoms with Gasteiger partial charge in [-0.2, -0.15) is 0 Å². The maximum absolute atomic E-state index is 12.5. The molecule has 0 spiro atoms. The van der Waals surface area contributed by atoms with Gasteiger partial charge in [0.1, 0.15) is 0 Å². The molecule has 0 unspecified atom stereocenters. The number of fused-ring (bicyclic) bond motifs is 1. The molecule has 4 nitrogen and oxygen atoms in total. The van der Waals surface area contributed by atoms with Crippen molar-refractivity contribution in [2.75, 3.05) is 7.05 Å². The molecule has 4 heteroatoms. The Morgan fingerprint density at radius 1 is 0.833 bits per heavy atom. The summed E-state index contributed by atoms with van der Waals surface area (Å²) in [5, 5.41) is 0. The third kappa shape index (κ3) is 2.00. The van der Waals surface area contributed by atoms with E-state index < -0.39 is 5.97 Å². The lowest BCUT2D eigenvalue weighted by Gasteiger charge is -2.12. The van der Waals surface area contributed by atoms with Crippen LogP contribution in [0.3, 0.4) is 0 Å². The average molecular weight is 317 g/mol. The van der Waals surface area contributed by atoms with Crippen LogP contribution in [0.2, 0.25) is 0 Å². The summed E-state index contributed by atoms with van der Waals surface area (Å²) in [6.07, 6.45) is 0. The van der Waals surface area contributed by atoms with E-state index in [1.54, 1.807) is 14.0 Å². The van der Waals surface area contributed by atoms with E-state index in [1.165, 1.54) is 4.90 Å². The van der Waals surface area contributed by atoms with Crippen LogP contribution in [0.1, 0.15) is 12.5 Å². The standard InChI is InChI=1S/C20H15NO3/c1-12-16-17(19(22)21(12)2)18(24-20(16)23)15-10-6-9-14(11-15)13-7-4-3-5-8-13/h3-11H,1-2H3. The van der Waals surface area contributed by atoms with Crippen molar-refractivity contribution in [1.29, 1.82) is 0 Å². The maximum atomic E-state index is 12.5. The number of carbonyl (C=O) groups excluding carboxylic acids is 2. The summed E-state index contributed by atoms with van der Waals surface area (Å²) in [5.41, 5.74) is 4.18. The van der Waals surface area contributed by atoms with Gasteiger partial charge in [-0.1, -0.05) is 48.5 Å². The number of cyclic esters (lactones) is 1. The fourth-order valence-corrected chi connectivity index (χ4v) is 3.10. The van der Waals surface area contributed by atoms with Crippen molar-refractivity contribution in [3.63, 3.8) is 0 Å². The molecule has 2 aromatic carbocycles. The molecule has 2 aliphatic heterocycles. The van der Waals surface area contributed by atoms with Gasteiger partial charge in [0.2, 0.25) is 0 Å². The van der Waals surface area contributed by atoms with Crippen molar-refractivity contribution in [3.8, 4) is 11.1 Å². The molecular formula is C20H15NO3. The Bertz CT molecular complexity index is 938. The number of benzene rings is 2. The molecule has 0 N–H and O–H groups in total. The molecule has 1 amide bonds. The normalized spacial score (nSPS) is 16.8. The lowest BCUT2D eigenvalue weighted by atomic mass is 10.00. The van der Waals surface area contributed by atoms with E-state index in [0.29, 0.717) is 22.6 Å². The average Bonchev–Trinajstić information content (AvgIpc) is 3.08. The second-order valence-electron chi connectivity index (χ2n) is 5.87. The van der Waals surface area contributed by atoms with Crippen molar-refractivity contribution in [2.45, 2.75) is 6.92 Å². The number of rotatable bonds is 2. The quantitative estimate of drug-likeness (QED) is 0.798. The number of nitrogens with zero attached hydrogens (tertiary/aromatic N) is 1. The zero-order chi connectivity index (χ0) is 16.8. The van der Waals surface area contributed by atoms with Crippen molar-refractivity contribution < 1.29 is 14.3 Å². The SMILES string of the molecule is CC1=C2C(=O)OC(c3cccc(-c4ccccc4)c3)=C2C(=O)N1C. The summed E-state index contributed by atoms with van der Waals surface area (Å²) in [6.45, 7) is 1.75. The Morgan fingerprint density at radius 3 is 2.25 bits per heavy atom. The van der Waals surface area contributed by atoms with Crippen molar-refractivity contribution in [3.05, 3.63) is 77.0 Å². The van der Waals surface area contributed by atoms with Crippen LogP contribution in [-0.2, 0) is 14.3 Å². The highest BCUT2D eigenvalue weighted by Crippen LogP contribution is 2.41. The zero-order valence-corrected chi connectivity index (χ0v) is 13.4. The second kappa shape index (κ2) is 5.20. The summed E-state index contributed by atoms with van der Waals surface area (Å²) in [5.74, 6) is -0.310. The lowest BCUT2D eigenvalue weighted by molar-refractivity contribution is -0.131. The molecule has 2 aliphatic rings. The number of amides is 1. The minimum absolute atomic E-state index is 0.200. The highest BCUT2D eigenvalue weighted by molar-refractivity contribution is 6.22. The van der Waals surface area contributed by atoms with E-state index in [0.717, 1.165) is 16.7 Å². The summed E-state index contributed by atoms with van der Waals surface area (Å²) in [7, 11) is 1.67. The largest absolute Gasteiger partial charge is 0.421 e. The van der Waals surface area contributed by atoms with Gasteiger partial charge in [-0.3, -0.25) is 4.79 Å². The monoisotopic (exact) mass is 317 g/mol. The van der Waals surface area contributed by atoms with Gasteiger partial charge < -0.3 is 9.64 Å². The lowest BCUT2D eigenvalue weighted by Crippen LogP contribution is -2.20. The highest BCUT2D eigenvalue weighted by Gasteiger charge is 2.44. The van der Waals surface area contributed by atoms with Gasteiger partial charge in [0.25, 0.3) is 5.91 Å². The van der Waals surface area contributed by atoms with Crippen LogP contribution < -0.4 is 0 Å². The van der Waals surface area contributed by atoms with Gasteiger partial charge in [-0.15, -0.1) is 0 Å². The van der Waals surface area contributed by atoms with Crippen molar-refractivity contribution in [2.24, 2.45) is 0 Å². The van der Waals surface area contributed by atoms with Crippen molar-refractivity contribution in [1.82, 2.24) is 4.90 Å². The molecule has 0 aliphatic carbocycles. The summed E-state index contributed by atoms with van der Waals surface area (Å²) in [6, 6.07) is 17.6. The minimum Gasteiger partial charge on any atom is -0.421 e. The van der Waals surface area contributed by atoms with Crippen LogP contribution in [0.5, 0.6) is 0 Å². The molecule has 2 heterocycles. The fourth-order valence-electron chi connectivity index (χ4n) is 3.10. The smallest absolute Gasteiger partial charge is 0.346 e. The first-order valence-corrected chi connectivity index (χ1v) is 7.69. The molecule has 0 saturated heterocycles. The van der Waals surface area contributed by atoms with Gasteiger partial charge in [-0.25, -0.2) is 4.79 Å². The van der Waals surface area contributed by atoms with E-state index in [2.05, 4.69) is 0 Å². The molecule has 4 rings (SSSR count). The first-order valence-electron chi connectivity index (χ1n) is 7.69. The number of likely N-dealkylation sites (N-methyl/N-ethyl adjacent to an activating group) is 1. The molecule has 0 bridgehead atoms. The number of esters is 1. The van der Waals surface area contributed by atoms with E-state index in [1.807, 2.05) is 54.6 Å². The number of hydrogen-bond acceptors (Lipinski definition) is 3. The van der Waals surface area contributed by atoms with Gasteiger partial charge in [-0.05, 0) is 24.1 Å². The van der Waals surface area contributed by atoms with E-state index in [9.17, 15) is 9.59 Å². The number of ether oxygens (including phenoxy) is 1. The predicted octanol–water partition coefficient (Wildman–Crippen LogP) is 3.37. The molecule has 118 valence electrons. The summed E-state index contributed by atoms with van der Waals surface area (Å²) in [4.78, 5) is 26.2. The Kier molecular flexibility index (Phi) is 3.13. The predicted molar refractivity (Wildman–Crippen MR) is 90.4 cm³/mol. The second-order valence-corrected chi connectivity index (χ2v) is 5.87. The first-order chi connectivity index (χ1) is 11.6. The van der Waals surface area contributed by atoms with Gasteiger partial charge in [0.15, 0.2) is 5.76 Å². The van der Waals surface area contributed by atoms with Crippen LogP contribution in [0.15, 0.2) is 71.4 Å². The Balaban J connectivity index is 1.86. The van der Waals surface area contributed by atoms with Gasteiger partial charge in [0, 0.05) is 18.3 Å². The zero-order valence-electron chi connectivity index (χ0n) is 13.4. The summed E-state index contributed by atoms with van der Waals surface area (Å²) < 4.78 is 5.43. The van der Waals surface area contributed by atoms with Crippen LogP contribution in [0, 0.1) is 0 Å². The first kappa shape index (κ1) is 14.5. The maximum Gasteiger partial charge on any atom is 0.346 e. The Labute approximate surface area is 139 Å². The minimum atomic E-state index is -0.458. The third-order valence-corrected chi connectivity index (χ3v) is 4.49. The van der Waals surface area contributed by atoms with Crippen molar-refractivity contribution >= 4 is 17.6 Å². The van der Waals surface area contributed by atoms with Gasteiger partial charge in [0.05, 0.1) is 11.1 Å². The van der Waals surface area contributed by atoms with E-state index >= 15 is 0 Å². The number of carbonyl (C=O) groups is 2. The molecule has 2 aromatic rings. The van der Waals surface area contributed by atoms with Crippen LogP contribution in [0.25, 0.3) is 16.9 Å². The number of allylic oxidation sites excluding steroid dienone is 1. The molecular weight excluding hydrogens is 302 g/mol.